The lowest BCUT2D eigenvalue weighted by Gasteiger charge is -2.29. The van der Waals surface area contributed by atoms with Gasteiger partial charge in [0.05, 0.1) is 5.54 Å². The lowest BCUT2D eigenvalue weighted by molar-refractivity contribution is -0.124. The van der Waals surface area contributed by atoms with Crippen molar-refractivity contribution in [2.45, 2.75) is 71.9 Å². The van der Waals surface area contributed by atoms with Crippen molar-refractivity contribution in [3.8, 4) is 0 Å². The van der Waals surface area contributed by atoms with Crippen LogP contribution < -0.4 is 11.1 Å². The van der Waals surface area contributed by atoms with E-state index in [0.717, 1.165) is 25.2 Å². The van der Waals surface area contributed by atoms with Gasteiger partial charge in [0.25, 0.3) is 0 Å². The summed E-state index contributed by atoms with van der Waals surface area (Å²) in [5, 5.41) is 3.29. The fourth-order valence-electron chi connectivity index (χ4n) is 1.99. The SMILES string of the molecule is CCC(C)CSCCCCC(C)(NC(C)C)C(N)=O. The summed E-state index contributed by atoms with van der Waals surface area (Å²) in [7, 11) is 0. The minimum Gasteiger partial charge on any atom is -0.368 e. The highest BCUT2D eigenvalue weighted by atomic mass is 32.2. The van der Waals surface area contributed by atoms with Crippen LogP contribution >= 0.6 is 11.8 Å². The second kappa shape index (κ2) is 9.65. The van der Waals surface area contributed by atoms with Crippen LogP contribution in [-0.2, 0) is 4.79 Å². The summed E-state index contributed by atoms with van der Waals surface area (Å²) in [6.07, 6.45) is 4.28. The van der Waals surface area contributed by atoms with Gasteiger partial charge in [0.2, 0.25) is 5.91 Å². The fourth-order valence-corrected chi connectivity index (χ4v) is 3.20. The predicted molar refractivity (Wildman–Crippen MR) is 86.5 cm³/mol. The molecule has 114 valence electrons. The third-order valence-corrected chi connectivity index (χ3v) is 4.85. The molecule has 0 aromatic rings. The van der Waals surface area contributed by atoms with E-state index < -0.39 is 5.54 Å². The van der Waals surface area contributed by atoms with Gasteiger partial charge in [-0.05, 0) is 51.0 Å². The first-order valence-corrected chi connectivity index (χ1v) is 8.62. The van der Waals surface area contributed by atoms with E-state index in [-0.39, 0.29) is 11.9 Å². The first kappa shape index (κ1) is 18.8. The van der Waals surface area contributed by atoms with Crippen LogP contribution in [0.2, 0.25) is 0 Å². The molecule has 0 aromatic carbocycles. The van der Waals surface area contributed by atoms with Gasteiger partial charge in [-0.25, -0.2) is 0 Å². The highest BCUT2D eigenvalue weighted by molar-refractivity contribution is 7.99. The Bertz CT molecular complexity index is 259. The summed E-state index contributed by atoms with van der Waals surface area (Å²) in [6.45, 7) is 10.5. The Labute approximate surface area is 123 Å². The molecule has 0 aliphatic carbocycles. The monoisotopic (exact) mass is 288 g/mol. The summed E-state index contributed by atoms with van der Waals surface area (Å²) in [4.78, 5) is 11.6. The molecule has 4 heteroatoms. The van der Waals surface area contributed by atoms with Crippen molar-refractivity contribution >= 4 is 17.7 Å². The Morgan fingerprint density at radius 2 is 1.95 bits per heavy atom. The van der Waals surface area contributed by atoms with Gasteiger partial charge in [0, 0.05) is 6.04 Å². The van der Waals surface area contributed by atoms with Crippen molar-refractivity contribution in [2.75, 3.05) is 11.5 Å². The van der Waals surface area contributed by atoms with E-state index in [2.05, 4.69) is 19.2 Å². The summed E-state index contributed by atoms with van der Waals surface area (Å²) in [5.41, 5.74) is 4.95. The third-order valence-electron chi connectivity index (χ3n) is 3.47. The van der Waals surface area contributed by atoms with Gasteiger partial charge in [0.1, 0.15) is 0 Å². The molecule has 0 aliphatic heterocycles. The lowest BCUT2D eigenvalue weighted by atomic mass is 9.93. The molecule has 0 aromatic heterocycles. The van der Waals surface area contributed by atoms with Gasteiger partial charge < -0.3 is 11.1 Å². The zero-order valence-electron chi connectivity index (χ0n) is 13.3. The topological polar surface area (TPSA) is 55.1 Å². The molecule has 0 saturated carbocycles. The van der Waals surface area contributed by atoms with E-state index >= 15 is 0 Å². The lowest BCUT2D eigenvalue weighted by Crippen LogP contribution is -2.55. The van der Waals surface area contributed by atoms with Crippen molar-refractivity contribution in [3.63, 3.8) is 0 Å². The Balaban J connectivity index is 3.86. The fraction of sp³-hybridized carbons (Fsp3) is 0.933. The smallest absolute Gasteiger partial charge is 0.237 e. The molecule has 0 radical (unpaired) electrons. The number of carbonyl (C=O) groups is 1. The molecule has 3 nitrogen and oxygen atoms in total. The van der Waals surface area contributed by atoms with Crippen LogP contribution in [-0.4, -0.2) is 29.0 Å². The number of hydrogen-bond donors (Lipinski definition) is 2. The average Bonchev–Trinajstić information content (AvgIpc) is 2.32. The average molecular weight is 289 g/mol. The van der Waals surface area contributed by atoms with Crippen molar-refractivity contribution in [1.29, 1.82) is 0 Å². The van der Waals surface area contributed by atoms with E-state index in [0.29, 0.717) is 0 Å². The Kier molecular flexibility index (Phi) is 9.54. The number of nitrogens with two attached hydrogens (primary N) is 1. The molecular formula is C15H32N2OS. The summed E-state index contributed by atoms with van der Waals surface area (Å²) in [6, 6.07) is 0.275. The maximum absolute atomic E-state index is 11.6. The minimum absolute atomic E-state index is 0.242. The van der Waals surface area contributed by atoms with E-state index in [9.17, 15) is 4.79 Å². The molecule has 0 bridgehead atoms. The van der Waals surface area contributed by atoms with E-state index in [4.69, 9.17) is 5.73 Å². The molecule has 0 fully saturated rings. The number of primary amides is 1. The van der Waals surface area contributed by atoms with Crippen molar-refractivity contribution in [3.05, 3.63) is 0 Å². The molecule has 1 amide bonds. The Morgan fingerprint density at radius 1 is 1.32 bits per heavy atom. The van der Waals surface area contributed by atoms with Gasteiger partial charge in [-0.2, -0.15) is 11.8 Å². The summed E-state index contributed by atoms with van der Waals surface area (Å²) in [5.74, 6) is 2.99. The molecule has 0 saturated heterocycles. The molecule has 0 aliphatic rings. The molecular weight excluding hydrogens is 256 g/mol. The summed E-state index contributed by atoms with van der Waals surface area (Å²) < 4.78 is 0. The Morgan fingerprint density at radius 3 is 2.42 bits per heavy atom. The first-order chi connectivity index (χ1) is 8.81. The number of hydrogen-bond acceptors (Lipinski definition) is 3. The van der Waals surface area contributed by atoms with Crippen molar-refractivity contribution in [1.82, 2.24) is 5.32 Å². The number of carbonyl (C=O) groups excluding carboxylic acids is 1. The zero-order chi connectivity index (χ0) is 14.9. The van der Waals surface area contributed by atoms with Gasteiger partial charge in [-0.3, -0.25) is 4.79 Å². The van der Waals surface area contributed by atoms with Crippen LogP contribution in [0.25, 0.3) is 0 Å². The maximum atomic E-state index is 11.6. The van der Waals surface area contributed by atoms with Crippen LogP contribution in [0.4, 0.5) is 0 Å². The molecule has 3 N–H and O–H groups in total. The zero-order valence-corrected chi connectivity index (χ0v) is 14.1. The van der Waals surface area contributed by atoms with Gasteiger partial charge >= 0.3 is 0 Å². The van der Waals surface area contributed by atoms with Crippen LogP contribution in [0.3, 0.4) is 0 Å². The first-order valence-electron chi connectivity index (χ1n) is 7.47. The van der Waals surface area contributed by atoms with Crippen molar-refractivity contribution in [2.24, 2.45) is 11.7 Å². The van der Waals surface area contributed by atoms with E-state index in [1.54, 1.807) is 0 Å². The summed E-state index contributed by atoms with van der Waals surface area (Å²) >= 11 is 2.02. The number of rotatable bonds is 11. The maximum Gasteiger partial charge on any atom is 0.237 e. The van der Waals surface area contributed by atoms with Gasteiger partial charge in [-0.1, -0.05) is 26.7 Å². The normalized spacial score (nSPS) is 16.3. The third kappa shape index (κ3) is 8.53. The number of thioether (sulfide) groups is 1. The largest absolute Gasteiger partial charge is 0.368 e. The molecule has 19 heavy (non-hydrogen) atoms. The van der Waals surface area contributed by atoms with Gasteiger partial charge in [0.15, 0.2) is 0 Å². The number of nitrogens with one attached hydrogen (secondary N) is 1. The van der Waals surface area contributed by atoms with Crippen LogP contribution in [0.1, 0.15) is 60.3 Å². The number of amides is 1. The minimum atomic E-state index is -0.560. The molecule has 2 unspecified atom stereocenters. The van der Waals surface area contributed by atoms with Crippen LogP contribution in [0.5, 0.6) is 0 Å². The van der Waals surface area contributed by atoms with E-state index in [1.165, 1.54) is 17.9 Å². The Hall–Kier alpha value is -0.220. The molecule has 0 rings (SSSR count). The van der Waals surface area contributed by atoms with E-state index in [1.807, 2.05) is 32.5 Å². The molecule has 2 atom stereocenters. The molecule has 0 heterocycles. The second-order valence-corrected chi connectivity index (χ2v) is 7.19. The highest BCUT2D eigenvalue weighted by Crippen LogP contribution is 2.18. The molecule has 0 spiro atoms. The standard InChI is InChI=1S/C15H32N2OS/c1-6-13(4)11-19-10-8-7-9-15(5,14(16)18)17-12(2)3/h12-13,17H,6-11H2,1-5H3,(H2,16,18). The predicted octanol–water partition coefficient (Wildman–Crippen LogP) is 3.18. The second-order valence-electron chi connectivity index (χ2n) is 6.04. The van der Waals surface area contributed by atoms with Crippen LogP contribution in [0.15, 0.2) is 0 Å². The number of unbranched alkanes of at least 4 members (excludes halogenated alkanes) is 1. The quantitative estimate of drug-likeness (QED) is 0.574. The van der Waals surface area contributed by atoms with Gasteiger partial charge in [-0.15, -0.1) is 0 Å². The van der Waals surface area contributed by atoms with Crippen LogP contribution in [0, 0.1) is 5.92 Å². The van der Waals surface area contributed by atoms with Crippen molar-refractivity contribution < 1.29 is 4.79 Å². The highest BCUT2D eigenvalue weighted by Gasteiger charge is 2.30.